The Hall–Kier alpha value is -3.01. The SMILES string of the molecule is COc1ccc(NC(=S)Nc2ccc(S(=O)(=O)Nc3ccc(Cl)cc3)cc2)cc1OC. The normalized spacial score (nSPS) is 10.8. The molecule has 0 unspecified atom stereocenters. The third-order valence-corrected chi connectivity index (χ3v) is 6.01. The largest absolute Gasteiger partial charge is 0.493 e. The van der Waals surface area contributed by atoms with Gasteiger partial charge in [0.1, 0.15) is 0 Å². The van der Waals surface area contributed by atoms with Gasteiger partial charge in [-0.3, -0.25) is 4.72 Å². The lowest BCUT2D eigenvalue weighted by Crippen LogP contribution is -2.19. The molecule has 0 aromatic heterocycles. The highest BCUT2D eigenvalue weighted by atomic mass is 35.5. The molecule has 0 aliphatic rings. The van der Waals surface area contributed by atoms with Crippen LogP contribution in [0.25, 0.3) is 0 Å². The fourth-order valence-electron chi connectivity index (χ4n) is 2.66. The molecule has 3 N–H and O–H groups in total. The lowest BCUT2D eigenvalue weighted by Gasteiger charge is -2.13. The van der Waals surface area contributed by atoms with Crippen LogP contribution in [0.2, 0.25) is 5.02 Å². The van der Waals surface area contributed by atoms with Gasteiger partial charge in [0.05, 0.1) is 19.1 Å². The summed E-state index contributed by atoms with van der Waals surface area (Å²) in [5.41, 5.74) is 1.76. The first kappa shape index (κ1) is 22.7. The molecule has 0 saturated carbocycles. The number of halogens is 1. The van der Waals surface area contributed by atoms with Gasteiger partial charge >= 0.3 is 0 Å². The number of nitrogens with one attached hydrogen (secondary N) is 3. The summed E-state index contributed by atoms with van der Waals surface area (Å²) < 4.78 is 38.1. The van der Waals surface area contributed by atoms with E-state index in [1.165, 1.54) is 12.1 Å². The standard InChI is InChI=1S/C21H20ClN3O4S2/c1-28-19-12-9-17(13-20(19)29-2)24-21(30)23-15-7-10-18(11-8-15)31(26,27)25-16-5-3-14(22)4-6-16/h3-13,25H,1-2H3,(H2,23,24,30). The molecule has 3 aromatic carbocycles. The summed E-state index contributed by atoms with van der Waals surface area (Å²) in [5.74, 6) is 1.17. The van der Waals surface area contributed by atoms with Crippen molar-refractivity contribution in [3.63, 3.8) is 0 Å². The van der Waals surface area contributed by atoms with Crippen molar-refractivity contribution in [3.05, 3.63) is 71.8 Å². The fraction of sp³-hybridized carbons (Fsp3) is 0.0952. The van der Waals surface area contributed by atoms with Gasteiger partial charge in [-0.1, -0.05) is 11.6 Å². The smallest absolute Gasteiger partial charge is 0.261 e. The van der Waals surface area contributed by atoms with Gasteiger partial charge in [-0.2, -0.15) is 0 Å². The first-order valence-electron chi connectivity index (χ1n) is 8.99. The van der Waals surface area contributed by atoms with Gasteiger partial charge in [0, 0.05) is 28.2 Å². The van der Waals surface area contributed by atoms with E-state index in [9.17, 15) is 8.42 Å². The van der Waals surface area contributed by atoms with Crippen LogP contribution in [-0.2, 0) is 10.0 Å². The molecule has 0 atom stereocenters. The zero-order valence-electron chi connectivity index (χ0n) is 16.7. The highest BCUT2D eigenvalue weighted by Gasteiger charge is 2.14. The molecular weight excluding hydrogens is 458 g/mol. The fourth-order valence-corrected chi connectivity index (χ4v) is 4.08. The molecule has 3 rings (SSSR count). The molecule has 0 aliphatic carbocycles. The van der Waals surface area contributed by atoms with Crippen molar-refractivity contribution in [2.45, 2.75) is 4.90 Å². The van der Waals surface area contributed by atoms with E-state index in [-0.39, 0.29) is 4.90 Å². The van der Waals surface area contributed by atoms with Gasteiger partial charge in [0.15, 0.2) is 16.6 Å². The Balaban J connectivity index is 1.64. The Bertz CT molecular complexity index is 1170. The Morgan fingerprint density at radius 2 is 1.35 bits per heavy atom. The molecule has 162 valence electrons. The second kappa shape index (κ2) is 9.86. The van der Waals surface area contributed by atoms with Crippen molar-refractivity contribution in [2.24, 2.45) is 0 Å². The topological polar surface area (TPSA) is 88.7 Å². The van der Waals surface area contributed by atoms with Crippen molar-refractivity contribution in [1.82, 2.24) is 0 Å². The number of anilines is 3. The molecule has 0 fully saturated rings. The maximum absolute atomic E-state index is 12.5. The van der Waals surface area contributed by atoms with Crippen LogP contribution in [0.3, 0.4) is 0 Å². The number of hydrogen-bond acceptors (Lipinski definition) is 5. The Labute approximate surface area is 191 Å². The molecule has 3 aromatic rings. The summed E-state index contributed by atoms with van der Waals surface area (Å²) in [7, 11) is -0.617. The Morgan fingerprint density at radius 3 is 1.97 bits per heavy atom. The third kappa shape index (κ3) is 6.00. The first-order valence-corrected chi connectivity index (χ1v) is 11.3. The number of sulfonamides is 1. The minimum atomic E-state index is -3.73. The van der Waals surface area contributed by atoms with Crippen LogP contribution in [0.5, 0.6) is 11.5 Å². The van der Waals surface area contributed by atoms with Crippen molar-refractivity contribution >= 4 is 56.0 Å². The van der Waals surface area contributed by atoms with E-state index in [0.29, 0.717) is 38.7 Å². The molecular formula is C21H20ClN3O4S2. The maximum atomic E-state index is 12.5. The van der Waals surface area contributed by atoms with E-state index in [0.717, 1.165) is 0 Å². The summed E-state index contributed by atoms with van der Waals surface area (Å²) >= 11 is 11.2. The zero-order chi connectivity index (χ0) is 22.4. The summed E-state index contributed by atoms with van der Waals surface area (Å²) in [6.45, 7) is 0. The first-order chi connectivity index (χ1) is 14.8. The summed E-state index contributed by atoms with van der Waals surface area (Å²) in [4.78, 5) is 0.117. The number of ether oxygens (including phenoxy) is 2. The van der Waals surface area contributed by atoms with Crippen LogP contribution in [0.15, 0.2) is 71.6 Å². The average molecular weight is 478 g/mol. The summed E-state index contributed by atoms with van der Waals surface area (Å²) in [6.07, 6.45) is 0. The second-order valence-electron chi connectivity index (χ2n) is 6.29. The van der Waals surface area contributed by atoms with Crippen LogP contribution in [0.4, 0.5) is 17.1 Å². The average Bonchev–Trinajstić information content (AvgIpc) is 2.75. The summed E-state index contributed by atoms with van der Waals surface area (Å²) in [5, 5.41) is 6.91. The quantitative estimate of drug-likeness (QED) is 0.414. The van der Waals surface area contributed by atoms with Crippen LogP contribution in [0.1, 0.15) is 0 Å². The van der Waals surface area contributed by atoms with Gasteiger partial charge in [0.25, 0.3) is 10.0 Å². The number of thiocarbonyl (C=S) groups is 1. The van der Waals surface area contributed by atoms with Gasteiger partial charge in [0.2, 0.25) is 0 Å². The van der Waals surface area contributed by atoms with E-state index in [4.69, 9.17) is 33.3 Å². The number of hydrogen-bond donors (Lipinski definition) is 3. The highest BCUT2D eigenvalue weighted by molar-refractivity contribution is 7.92. The highest BCUT2D eigenvalue weighted by Crippen LogP contribution is 2.29. The zero-order valence-corrected chi connectivity index (χ0v) is 19.1. The van der Waals surface area contributed by atoms with Crippen LogP contribution in [0, 0.1) is 0 Å². The Kier molecular flexibility index (Phi) is 7.21. The van der Waals surface area contributed by atoms with Crippen LogP contribution < -0.4 is 24.8 Å². The molecule has 0 heterocycles. The number of benzene rings is 3. The molecule has 7 nitrogen and oxygen atoms in total. The minimum absolute atomic E-state index is 0.117. The predicted octanol–water partition coefficient (Wildman–Crippen LogP) is 4.97. The third-order valence-electron chi connectivity index (χ3n) is 4.16. The maximum Gasteiger partial charge on any atom is 0.261 e. The van der Waals surface area contributed by atoms with Crippen molar-refractivity contribution in [2.75, 3.05) is 29.6 Å². The second-order valence-corrected chi connectivity index (χ2v) is 8.81. The van der Waals surface area contributed by atoms with Crippen LogP contribution in [-0.4, -0.2) is 27.7 Å². The molecule has 0 radical (unpaired) electrons. The van der Waals surface area contributed by atoms with Gasteiger partial charge in [-0.05, 0) is 72.9 Å². The van der Waals surface area contributed by atoms with E-state index < -0.39 is 10.0 Å². The van der Waals surface area contributed by atoms with Crippen molar-refractivity contribution in [3.8, 4) is 11.5 Å². The predicted molar refractivity (Wildman–Crippen MR) is 128 cm³/mol. The minimum Gasteiger partial charge on any atom is -0.493 e. The number of methoxy groups -OCH3 is 2. The van der Waals surface area contributed by atoms with Gasteiger partial charge in [-0.25, -0.2) is 8.42 Å². The molecule has 0 spiro atoms. The van der Waals surface area contributed by atoms with E-state index in [1.807, 2.05) is 0 Å². The summed E-state index contributed by atoms with van der Waals surface area (Å²) in [6, 6.07) is 17.9. The van der Waals surface area contributed by atoms with Gasteiger partial charge < -0.3 is 20.1 Å². The van der Waals surface area contributed by atoms with Crippen LogP contribution >= 0.6 is 23.8 Å². The van der Waals surface area contributed by atoms with E-state index in [1.54, 1.807) is 68.8 Å². The molecule has 0 saturated heterocycles. The molecule has 10 heteroatoms. The molecule has 0 amide bonds. The molecule has 31 heavy (non-hydrogen) atoms. The number of rotatable bonds is 7. The van der Waals surface area contributed by atoms with E-state index in [2.05, 4.69) is 15.4 Å². The van der Waals surface area contributed by atoms with Gasteiger partial charge in [-0.15, -0.1) is 0 Å². The Morgan fingerprint density at radius 1 is 0.806 bits per heavy atom. The van der Waals surface area contributed by atoms with Crippen molar-refractivity contribution in [1.29, 1.82) is 0 Å². The lowest BCUT2D eigenvalue weighted by atomic mass is 10.2. The molecule has 0 aliphatic heterocycles. The lowest BCUT2D eigenvalue weighted by molar-refractivity contribution is 0.355. The monoisotopic (exact) mass is 477 g/mol. The van der Waals surface area contributed by atoms with E-state index >= 15 is 0 Å². The molecule has 0 bridgehead atoms. The van der Waals surface area contributed by atoms with Crippen molar-refractivity contribution < 1.29 is 17.9 Å².